The molecule has 1 aliphatic carbocycles. The molecule has 0 aromatic heterocycles. The van der Waals surface area contributed by atoms with Gasteiger partial charge in [0.25, 0.3) is 0 Å². The van der Waals surface area contributed by atoms with E-state index >= 15 is 0 Å². The molecule has 0 aromatic rings. The largest absolute Gasteiger partial charge is 0.379 e. The maximum Gasteiger partial charge on any atom is 0.226 e. The molecule has 0 spiro atoms. The molecule has 2 rings (SSSR count). The summed E-state index contributed by atoms with van der Waals surface area (Å²) < 4.78 is 5.42. The summed E-state index contributed by atoms with van der Waals surface area (Å²) in [5, 5.41) is 6.50. The van der Waals surface area contributed by atoms with Gasteiger partial charge in [-0.05, 0) is 45.2 Å². The van der Waals surface area contributed by atoms with Gasteiger partial charge < -0.3 is 15.4 Å². The van der Waals surface area contributed by atoms with Gasteiger partial charge in [-0.1, -0.05) is 6.92 Å². The third-order valence-corrected chi connectivity index (χ3v) is 4.33. The average molecular weight is 240 g/mol. The second-order valence-corrected chi connectivity index (χ2v) is 5.60. The molecule has 2 aliphatic rings. The van der Waals surface area contributed by atoms with E-state index in [-0.39, 0.29) is 23.5 Å². The van der Waals surface area contributed by atoms with Gasteiger partial charge in [0, 0.05) is 12.5 Å². The first-order valence-corrected chi connectivity index (χ1v) is 6.70. The van der Waals surface area contributed by atoms with Gasteiger partial charge in [0.1, 0.15) is 0 Å². The zero-order valence-electron chi connectivity index (χ0n) is 10.9. The molecule has 1 amide bonds. The first-order chi connectivity index (χ1) is 8.15. The third kappa shape index (κ3) is 2.80. The van der Waals surface area contributed by atoms with Gasteiger partial charge in [-0.2, -0.15) is 0 Å². The summed E-state index contributed by atoms with van der Waals surface area (Å²) in [6, 6.07) is 0.221. The van der Waals surface area contributed by atoms with E-state index in [9.17, 15) is 4.79 Å². The molecule has 1 saturated heterocycles. The second kappa shape index (κ2) is 5.36. The van der Waals surface area contributed by atoms with E-state index in [1.807, 2.05) is 0 Å². The number of nitrogens with one attached hydrogen (secondary N) is 2. The highest BCUT2D eigenvalue weighted by Crippen LogP contribution is 2.29. The SMILES string of the molecule is COC1CCCC1NC(=O)C1(C)CCNCC1. The van der Waals surface area contributed by atoms with Gasteiger partial charge in [0.2, 0.25) is 5.91 Å². The predicted molar refractivity (Wildman–Crippen MR) is 66.8 cm³/mol. The van der Waals surface area contributed by atoms with E-state index in [4.69, 9.17) is 4.74 Å². The van der Waals surface area contributed by atoms with Gasteiger partial charge in [-0.3, -0.25) is 4.79 Å². The second-order valence-electron chi connectivity index (χ2n) is 5.60. The van der Waals surface area contributed by atoms with Crippen LogP contribution in [0.4, 0.5) is 0 Å². The molecular weight excluding hydrogens is 216 g/mol. The van der Waals surface area contributed by atoms with E-state index in [0.717, 1.165) is 45.2 Å². The highest BCUT2D eigenvalue weighted by molar-refractivity contribution is 5.82. The van der Waals surface area contributed by atoms with Crippen LogP contribution in [0.3, 0.4) is 0 Å². The highest BCUT2D eigenvalue weighted by Gasteiger charge is 2.37. The molecule has 4 nitrogen and oxygen atoms in total. The Morgan fingerprint density at radius 3 is 2.71 bits per heavy atom. The number of rotatable bonds is 3. The quantitative estimate of drug-likeness (QED) is 0.775. The van der Waals surface area contributed by atoms with Crippen LogP contribution in [0.1, 0.15) is 39.0 Å². The zero-order valence-corrected chi connectivity index (χ0v) is 10.9. The van der Waals surface area contributed by atoms with E-state index < -0.39 is 0 Å². The lowest BCUT2D eigenvalue weighted by Crippen LogP contribution is -2.50. The molecule has 0 bridgehead atoms. The van der Waals surface area contributed by atoms with Crippen molar-refractivity contribution in [2.24, 2.45) is 5.41 Å². The fourth-order valence-electron chi connectivity index (χ4n) is 2.92. The van der Waals surface area contributed by atoms with Gasteiger partial charge >= 0.3 is 0 Å². The summed E-state index contributed by atoms with van der Waals surface area (Å²) in [7, 11) is 1.74. The number of carbonyl (C=O) groups excluding carboxylic acids is 1. The molecule has 98 valence electrons. The lowest BCUT2D eigenvalue weighted by Gasteiger charge is -2.34. The minimum absolute atomic E-state index is 0.188. The Hall–Kier alpha value is -0.610. The molecule has 1 heterocycles. The molecule has 4 heteroatoms. The van der Waals surface area contributed by atoms with Crippen LogP contribution in [0.5, 0.6) is 0 Å². The highest BCUT2D eigenvalue weighted by atomic mass is 16.5. The number of hydrogen-bond donors (Lipinski definition) is 2. The number of amides is 1. The van der Waals surface area contributed by atoms with Crippen molar-refractivity contribution in [3.8, 4) is 0 Å². The molecule has 2 fully saturated rings. The third-order valence-electron chi connectivity index (χ3n) is 4.33. The predicted octanol–water partition coefficient (Wildman–Crippen LogP) is 1.06. The molecular formula is C13H24N2O2. The lowest BCUT2D eigenvalue weighted by molar-refractivity contribution is -0.133. The number of ether oxygens (including phenoxy) is 1. The van der Waals surface area contributed by atoms with Crippen molar-refractivity contribution in [1.29, 1.82) is 0 Å². The first kappa shape index (κ1) is 12.8. The van der Waals surface area contributed by atoms with Crippen molar-refractivity contribution in [3.63, 3.8) is 0 Å². The molecule has 2 N–H and O–H groups in total. The van der Waals surface area contributed by atoms with Crippen molar-refractivity contribution in [2.75, 3.05) is 20.2 Å². The van der Waals surface area contributed by atoms with Crippen LogP contribution < -0.4 is 10.6 Å². The zero-order chi connectivity index (χ0) is 12.3. The van der Waals surface area contributed by atoms with E-state index in [2.05, 4.69) is 17.6 Å². The molecule has 17 heavy (non-hydrogen) atoms. The summed E-state index contributed by atoms with van der Waals surface area (Å²) in [4.78, 5) is 12.3. The molecule has 0 aromatic carbocycles. The van der Waals surface area contributed by atoms with Gasteiger partial charge in [0.15, 0.2) is 0 Å². The van der Waals surface area contributed by atoms with Crippen molar-refractivity contribution < 1.29 is 9.53 Å². The van der Waals surface area contributed by atoms with Crippen LogP contribution in [0.2, 0.25) is 0 Å². The Bertz CT molecular complexity index is 275. The summed E-state index contributed by atoms with van der Waals surface area (Å²) in [6.45, 7) is 3.98. The molecule has 1 saturated carbocycles. The van der Waals surface area contributed by atoms with Gasteiger partial charge in [0.05, 0.1) is 12.1 Å². The smallest absolute Gasteiger partial charge is 0.226 e. The molecule has 1 aliphatic heterocycles. The van der Waals surface area contributed by atoms with Crippen LogP contribution in [0.25, 0.3) is 0 Å². The number of carbonyl (C=O) groups is 1. The van der Waals surface area contributed by atoms with Gasteiger partial charge in [-0.15, -0.1) is 0 Å². The maximum atomic E-state index is 12.3. The Kier molecular flexibility index (Phi) is 4.05. The van der Waals surface area contributed by atoms with Crippen LogP contribution in [-0.4, -0.2) is 38.3 Å². The van der Waals surface area contributed by atoms with E-state index in [1.165, 1.54) is 0 Å². The summed E-state index contributed by atoms with van der Waals surface area (Å²) >= 11 is 0. The minimum atomic E-state index is -0.188. The number of piperidine rings is 1. The summed E-state index contributed by atoms with van der Waals surface area (Å²) in [5.74, 6) is 0.216. The van der Waals surface area contributed by atoms with Crippen LogP contribution >= 0.6 is 0 Å². The maximum absolute atomic E-state index is 12.3. The molecule has 0 radical (unpaired) electrons. The van der Waals surface area contributed by atoms with Gasteiger partial charge in [-0.25, -0.2) is 0 Å². The Labute approximate surface area is 103 Å². The first-order valence-electron chi connectivity index (χ1n) is 6.70. The topological polar surface area (TPSA) is 50.4 Å². The Morgan fingerprint density at radius 1 is 1.35 bits per heavy atom. The molecule has 2 unspecified atom stereocenters. The van der Waals surface area contributed by atoms with Crippen molar-refractivity contribution >= 4 is 5.91 Å². The van der Waals surface area contributed by atoms with Crippen LogP contribution in [0.15, 0.2) is 0 Å². The fraction of sp³-hybridized carbons (Fsp3) is 0.923. The minimum Gasteiger partial charge on any atom is -0.379 e. The average Bonchev–Trinajstić information content (AvgIpc) is 2.77. The number of hydrogen-bond acceptors (Lipinski definition) is 3. The fourth-order valence-corrected chi connectivity index (χ4v) is 2.92. The van der Waals surface area contributed by atoms with Crippen LogP contribution in [-0.2, 0) is 9.53 Å². The molecule has 2 atom stereocenters. The van der Waals surface area contributed by atoms with E-state index in [1.54, 1.807) is 7.11 Å². The lowest BCUT2D eigenvalue weighted by atomic mass is 9.80. The van der Waals surface area contributed by atoms with Crippen molar-refractivity contribution in [2.45, 2.75) is 51.2 Å². The number of methoxy groups -OCH3 is 1. The van der Waals surface area contributed by atoms with E-state index in [0.29, 0.717) is 0 Å². The monoisotopic (exact) mass is 240 g/mol. The summed E-state index contributed by atoms with van der Waals surface area (Å²) in [6.07, 6.45) is 5.36. The summed E-state index contributed by atoms with van der Waals surface area (Å²) in [5.41, 5.74) is -0.188. The van der Waals surface area contributed by atoms with Crippen LogP contribution in [0, 0.1) is 5.41 Å². The Morgan fingerprint density at radius 2 is 2.06 bits per heavy atom. The normalized spacial score (nSPS) is 32.4. The Balaban J connectivity index is 1.91. The van der Waals surface area contributed by atoms with Crippen molar-refractivity contribution in [3.05, 3.63) is 0 Å². The standard InChI is InChI=1S/C13H24N2O2/c1-13(6-8-14-9-7-13)12(16)15-10-4-3-5-11(10)17-2/h10-11,14H,3-9H2,1-2H3,(H,15,16). The van der Waals surface area contributed by atoms with Crippen molar-refractivity contribution in [1.82, 2.24) is 10.6 Å².